The van der Waals surface area contributed by atoms with Crippen molar-refractivity contribution in [2.45, 2.75) is 13.8 Å². The molecule has 3 heterocycles. The van der Waals surface area contributed by atoms with Crippen LogP contribution < -0.4 is 5.32 Å². The van der Waals surface area contributed by atoms with E-state index in [4.69, 9.17) is 0 Å². The van der Waals surface area contributed by atoms with E-state index in [9.17, 15) is 9.18 Å². The van der Waals surface area contributed by atoms with E-state index in [2.05, 4.69) is 15.3 Å². The van der Waals surface area contributed by atoms with Gasteiger partial charge in [0.05, 0.1) is 23.0 Å². The zero-order valence-electron chi connectivity index (χ0n) is 18.2. The standard InChI is InChI=1S/C27H21FN4O/c1-17-8-10-22(11-9-17)31-27(33)24-14-20(15-29-18(24)2)23-7-4-12-32-25(23)16-30-26(32)19-5-3-6-21(28)13-19/h3-16H,1-2H3,(H,31,33). The normalized spacial score (nSPS) is 11.0. The van der Waals surface area contributed by atoms with Gasteiger partial charge in [-0.25, -0.2) is 9.37 Å². The Morgan fingerprint density at radius 1 is 0.909 bits per heavy atom. The average molecular weight is 436 g/mol. The molecule has 33 heavy (non-hydrogen) atoms. The highest BCUT2D eigenvalue weighted by Gasteiger charge is 2.15. The summed E-state index contributed by atoms with van der Waals surface area (Å²) in [4.78, 5) is 22.0. The van der Waals surface area contributed by atoms with Crippen LogP contribution in [0.5, 0.6) is 0 Å². The number of benzene rings is 2. The molecule has 0 saturated heterocycles. The molecule has 6 heteroatoms. The number of imidazole rings is 1. The number of pyridine rings is 2. The van der Waals surface area contributed by atoms with E-state index in [0.29, 0.717) is 22.6 Å². The van der Waals surface area contributed by atoms with E-state index >= 15 is 0 Å². The van der Waals surface area contributed by atoms with Crippen molar-refractivity contribution in [2.75, 3.05) is 5.32 Å². The molecule has 5 aromatic rings. The number of fused-ring (bicyclic) bond motifs is 1. The van der Waals surface area contributed by atoms with Crippen LogP contribution in [-0.4, -0.2) is 20.3 Å². The van der Waals surface area contributed by atoms with Gasteiger partial charge in [-0.3, -0.25) is 14.2 Å². The topological polar surface area (TPSA) is 59.3 Å². The van der Waals surface area contributed by atoms with Gasteiger partial charge in [0, 0.05) is 34.8 Å². The van der Waals surface area contributed by atoms with Gasteiger partial charge in [0.2, 0.25) is 0 Å². The first-order chi connectivity index (χ1) is 16.0. The molecule has 0 aliphatic rings. The summed E-state index contributed by atoms with van der Waals surface area (Å²) >= 11 is 0. The summed E-state index contributed by atoms with van der Waals surface area (Å²) in [6, 6.07) is 19.7. The first kappa shape index (κ1) is 20.6. The van der Waals surface area contributed by atoms with Gasteiger partial charge < -0.3 is 5.32 Å². The number of amides is 1. The molecule has 2 aromatic carbocycles. The van der Waals surface area contributed by atoms with Crippen LogP contribution in [0.1, 0.15) is 21.6 Å². The summed E-state index contributed by atoms with van der Waals surface area (Å²) in [6.07, 6.45) is 5.39. The van der Waals surface area contributed by atoms with Crippen molar-refractivity contribution in [3.63, 3.8) is 0 Å². The fraction of sp³-hybridized carbons (Fsp3) is 0.0741. The van der Waals surface area contributed by atoms with E-state index in [1.807, 2.05) is 73.0 Å². The van der Waals surface area contributed by atoms with Crippen molar-refractivity contribution in [3.8, 4) is 22.5 Å². The number of anilines is 1. The monoisotopic (exact) mass is 436 g/mol. The van der Waals surface area contributed by atoms with Gasteiger partial charge >= 0.3 is 0 Å². The molecule has 0 saturated carbocycles. The molecule has 162 valence electrons. The van der Waals surface area contributed by atoms with Crippen LogP contribution >= 0.6 is 0 Å². The van der Waals surface area contributed by atoms with E-state index in [0.717, 1.165) is 27.9 Å². The van der Waals surface area contributed by atoms with Gasteiger partial charge in [0.1, 0.15) is 11.6 Å². The minimum atomic E-state index is -0.313. The number of aryl methyl sites for hydroxylation is 2. The second kappa shape index (κ2) is 8.31. The third-order valence-electron chi connectivity index (χ3n) is 5.61. The SMILES string of the molecule is Cc1ccc(NC(=O)c2cc(-c3cccn4c(-c5cccc(F)c5)ncc34)cnc2C)cc1. The Bertz CT molecular complexity index is 1490. The van der Waals surface area contributed by atoms with E-state index < -0.39 is 0 Å². The predicted molar refractivity (Wildman–Crippen MR) is 128 cm³/mol. The Hall–Kier alpha value is -4.32. The third-order valence-corrected chi connectivity index (χ3v) is 5.61. The largest absolute Gasteiger partial charge is 0.322 e. The molecular formula is C27H21FN4O. The zero-order valence-corrected chi connectivity index (χ0v) is 18.2. The molecule has 5 rings (SSSR count). The van der Waals surface area contributed by atoms with Gasteiger partial charge in [0.25, 0.3) is 5.91 Å². The molecular weight excluding hydrogens is 415 g/mol. The smallest absolute Gasteiger partial charge is 0.257 e. The Kier molecular flexibility index (Phi) is 5.18. The van der Waals surface area contributed by atoms with Gasteiger partial charge in [-0.05, 0) is 50.2 Å². The summed E-state index contributed by atoms with van der Waals surface area (Å²) in [5, 5.41) is 2.94. The second-order valence-corrected chi connectivity index (χ2v) is 7.95. The molecule has 0 aliphatic heterocycles. The predicted octanol–water partition coefficient (Wildman–Crippen LogP) is 6.07. The number of carbonyl (C=O) groups excluding carboxylic acids is 1. The summed E-state index contributed by atoms with van der Waals surface area (Å²) < 4.78 is 15.7. The lowest BCUT2D eigenvalue weighted by molar-refractivity contribution is 0.102. The molecule has 0 atom stereocenters. The number of carbonyl (C=O) groups is 1. The molecule has 0 radical (unpaired) electrons. The molecule has 0 unspecified atom stereocenters. The molecule has 0 spiro atoms. The summed E-state index contributed by atoms with van der Waals surface area (Å²) in [7, 11) is 0. The summed E-state index contributed by atoms with van der Waals surface area (Å²) in [5.41, 5.74) is 6.20. The van der Waals surface area contributed by atoms with Gasteiger partial charge in [-0.2, -0.15) is 0 Å². The van der Waals surface area contributed by atoms with Gasteiger partial charge in [-0.1, -0.05) is 35.9 Å². The van der Waals surface area contributed by atoms with Crippen molar-refractivity contribution in [1.82, 2.24) is 14.4 Å². The molecule has 0 bridgehead atoms. The van der Waals surface area contributed by atoms with Crippen LogP contribution in [0.3, 0.4) is 0 Å². The van der Waals surface area contributed by atoms with Crippen LogP contribution in [0.2, 0.25) is 0 Å². The maximum atomic E-state index is 13.8. The molecule has 3 aromatic heterocycles. The number of hydrogen-bond acceptors (Lipinski definition) is 3. The molecule has 0 fully saturated rings. The van der Waals surface area contributed by atoms with Gasteiger partial charge in [-0.15, -0.1) is 0 Å². The lowest BCUT2D eigenvalue weighted by atomic mass is 10.0. The van der Waals surface area contributed by atoms with Crippen molar-refractivity contribution in [2.24, 2.45) is 0 Å². The molecule has 1 N–H and O–H groups in total. The minimum Gasteiger partial charge on any atom is -0.322 e. The highest BCUT2D eigenvalue weighted by molar-refractivity contribution is 6.05. The number of halogens is 1. The highest BCUT2D eigenvalue weighted by Crippen LogP contribution is 2.29. The number of rotatable bonds is 4. The number of nitrogens with zero attached hydrogens (tertiary/aromatic N) is 3. The van der Waals surface area contributed by atoms with Crippen LogP contribution in [0, 0.1) is 19.7 Å². The van der Waals surface area contributed by atoms with E-state index in [1.165, 1.54) is 12.1 Å². The zero-order chi connectivity index (χ0) is 22.9. The second-order valence-electron chi connectivity index (χ2n) is 7.95. The van der Waals surface area contributed by atoms with Crippen molar-refractivity contribution >= 4 is 17.1 Å². The van der Waals surface area contributed by atoms with Crippen molar-refractivity contribution in [1.29, 1.82) is 0 Å². The molecule has 1 amide bonds. The van der Waals surface area contributed by atoms with E-state index in [1.54, 1.807) is 18.5 Å². The van der Waals surface area contributed by atoms with Crippen LogP contribution in [0.15, 0.2) is 85.3 Å². The van der Waals surface area contributed by atoms with E-state index in [-0.39, 0.29) is 11.7 Å². The Morgan fingerprint density at radius 3 is 2.52 bits per heavy atom. The lowest BCUT2D eigenvalue weighted by Gasteiger charge is -2.11. The van der Waals surface area contributed by atoms with Gasteiger partial charge in [0.15, 0.2) is 0 Å². The maximum Gasteiger partial charge on any atom is 0.257 e. The number of nitrogens with one attached hydrogen (secondary N) is 1. The summed E-state index contributed by atoms with van der Waals surface area (Å²) in [5.74, 6) is 0.114. The fourth-order valence-corrected chi connectivity index (χ4v) is 3.85. The fourth-order valence-electron chi connectivity index (χ4n) is 3.85. The Balaban J connectivity index is 1.54. The average Bonchev–Trinajstić information content (AvgIpc) is 3.25. The Morgan fingerprint density at radius 2 is 1.73 bits per heavy atom. The molecule has 0 aliphatic carbocycles. The van der Waals surface area contributed by atoms with Crippen molar-refractivity contribution < 1.29 is 9.18 Å². The first-order valence-corrected chi connectivity index (χ1v) is 10.6. The minimum absolute atomic E-state index is 0.216. The van der Waals surface area contributed by atoms with Crippen LogP contribution in [0.25, 0.3) is 28.0 Å². The van der Waals surface area contributed by atoms with Crippen LogP contribution in [0.4, 0.5) is 10.1 Å². The lowest BCUT2D eigenvalue weighted by Crippen LogP contribution is -2.14. The quantitative estimate of drug-likeness (QED) is 0.372. The Labute approximate surface area is 190 Å². The summed E-state index contributed by atoms with van der Waals surface area (Å²) in [6.45, 7) is 3.81. The number of aromatic nitrogens is 3. The molecule has 5 nitrogen and oxygen atoms in total. The van der Waals surface area contributed by atoms with Crippen LogP contribution in [-0.2, 0) is 0 Å². The number of hydrogen-bond donors (Lipinski definition) is 1. The highest BCUT2D eigenvalue weighted by atomic mass is 19.1. The maximum absolute atomic E-state index is 13.8. The van der Waals surface area contributed by atoms with Crippen molar-refractivity contribution in [3.05, 3.63) is 108 Å². The third kappa shape index (κ3) is 3.99. The first-order valence-electron chi connectivity index (χ1n) is 10.6.